The zero-order valence-corrected chi connectivity index (χ0v) is 10.4. The van der Waals surface area contributed by atoms with Gasteiger partial charge >= 0.3 is 0 Å². The van der Waals surface area contributed by atoms with Crippen LogP contribution in [0.4, 0.5) is 5.69 Å². The van der Waals surface area contributed by atoms with Crippen LogP contribution in [0, 0.1) is 0 Å². The summed E-state index contributed by atoms with van der Waals surface area (Å²) in [6, 6.07) is 10.0. The van der Waals surface area contributed by atoms with Crippen LogP contribution in [0.3, 0.4) is 0 Å². The van der Waals surface area contributed by atoms with Crippen molar-refractivity contribution in [2.75, 3.05) is 18.6 Å². The maximum Gasteiger partial charge on any atom is 0.169 e. The molecule has 0 amide bonds. The molecular formula is C14H18N2O2. The highest BCUT2D eigenvalue weighted by molar-refractivity contribution is 5.86. The molecule has 1 N–H and O–H groups in total. The lowest BCUT2D eigenvalue weighted by Crippen LogP contribution is -2.35. The molecule has 0 bridgehead atoms. The van der Waals surface area contributed by atoms with Crippen LogP contribution in [0.15, 0.2) is 35.4 Å². The predicted octanol–water partition coefficient (Wildman–Crippen LogP) is 2.77. The third kappa shape index (κ3) is 2.54. The molecule has 96 valence electrons. The Morgan fingerprint density at radius 2 is 1.67 bits per heavy atom. The van der Waals surface area contributed by atoms with E-state index in [1.54, 1.807) is 0 Å². The summed E-state index contributed by atoms with van der Waals surface area (Å²) in [4.78, 5) is 0. The molecule has 1 aliphatic heterocycles. The van der Waals surface area contributed by atoms with E-state index in [4.69, 9.17) is 9.47 Å². The molecule has 2 fully saturated rings. The Hall–Kier alpha value is -1.39. The third-order valence-corrected chi connectivity index (χ3v) is 3.52. The van der Waals surface area contributed by atoms with E-state index in [1.807, 2.05) is 30.3 Å². The summed E-state index contributed by atoms with van der Waals surface area (Å²) in [6.45, 7) is 1.46. The second-order valence-electron chi connectivity index (χ2n) is 4.76. The van der Waals surface area contributed by atoms with Gasteiger partial charge in [-0.05, 0) is 25.0 Å². The lowest BCUT2D eigenvalue weighted by atomic mass is 9.92. The molecule has 1 aliphatic carbocycles. The van der Waals surface area contributed by atoms with E-state index < -0.39 is 0 Å². The highest BCUT2D eigenvalue weighted by atomic mass is 16.7. The van der Waals surface area contributed by atoms with E-state index in [0.29, 0.717) is 0 Å². The molecule has 4 heteroatoms. The predicted molar refractivity (Wildman–Crippen MR) is 70.6 cm³/mol. The van der Waals surface area contributed by atoms with Gasteiger partial charge in [-0.3, -0.25) is 5.43 Å². The van der Waals surface area contributed by atoms with Crippen LogP contribution >= 0.6 is 0 Å². The molecule has 0 radical (unpaired) electrons. The zero-order valence-electron chi connectivity index (χ0n) is 10.4. The lowest BCUT2D eigenvalue weighted by Gasteiger charge is -2.31. The van der Waals surface area contributed by atoms with Crippen molar-refractivity contribution in [2.45, 2.75) is 31.5 Å². The average molecular weight is 246 g/mol. The number of para-hydroxylation sites is 1. The summed E-state index contributed by atoms with van der Waals surface area (Å²) in [5, 5.41) is 4.46. The van der Waals surface area contributed by atoms with Gasteiger partial charge in [-0.2, -0.15) is 5.10 Å². The van der Waals surface area contributed by atoms with Crippen molar-refractivity contribution >= 4 is 11.4 Å². The van der Waals surface area contributed by atoms with Crippen molar-refractivity contribution in [1.29, 1.82) is 0 Å². The Balaban J connectivity index is 1.56. The van der Waals surface area contributed by atoms with Crippen molar-refractivity contribution < 1.29 is 9.47 Å². The third-order valence-electron chi connectivity index (χ3n) is 3.52. The fourth-order valence-electron chi connectivity index (χ4n) is 2.47. The number of ether oxygens (including phenoxy) is 2. The van der Waals surface area contributed by atoms with Gasteiger partial charge in [0.05, 0.1) is 18.9 Å². The Kier molecular flexibility index (Phi) is 3.30. The van der Waals surface area contributed by atoms with Crippen molar-refractivity contribution in [3.63, 3.8) is 0 Å². The number of hydrazone groups is 1. The van der Waals surface area contributed by atoms with E-state index in [1.165, 1.54) is 5.71 Å². The molecule has 1 heterocycles. The average Bonchev–Trinajstić information content (AvgIpc) is 2.88. The van der Waals surface area contributed by atoms with Crippen LogP contribution in [0.2, 0.25) is 0 Å². The summed E-state index contributed by atoms with van der Waals surface area (Å²) < 4.78 is 11.4. The Labute approximate surface area is 107 Å². The minimum Gasteiger partial charge on any atom is -0.348 e. The van der Waals surface area contributed by atoms with E-state index >= 15 is 0 Å². The number of hydrogen-bond acceptors (Lipinski definition) is 4. The molecule has 1 saturated carbocycles. The van der Waals surface area contributed by atoms with Crippen LogP contribution in [0.25, 0.3) is 0 Å². The highest BCUT2D eigenvalue weighted by Gasteiger charge is 2.39. The minimum atomic E-state index is -0.300. The van der Waals surface area contributed by atoms with Gasteiger partial charge in [0.25, 0.3) is 0 Å². The first-order valence-corrected chi connectivity index (χ1v) is 6.51. The molecular weight excluding hydrogens is 228 g/mol. The molecule has 1 saturated heterocycles. The Morgan fingerprint density at radius 1 is 1.00 bits per heavy atom. The van der Waals surface area contributed by atoms with Crippen LogP contribution in [0.1, 0.15) is 25.7 Å². The van der Waals surface area contributed by atoms with Crippen molar-refractivity contribution in [1.82, 2.24) is 0 Å². The quantitative estimate of drug-likeness (QED) is 0.816. The molecule has 2 aliphatic rings. The molecule has 1 aromatic carbocycles. The highest BCUT2D eigenvalue weighted by Crippen LogP contribution is 2.34. The van der Waals surface area contributed by atoms with Crippen molar-refractivity contribution in [3.05, 3.63) is 30.3 Å². The molecule has 3 rings (SSSR count). The van der Waals surface area contributed by atoms with Crippen LogP contribution in [-0.2, 0) is 9.47 Å². The topological polar surface area (TPSA) is 42.9 Å². The molecule has 18 heavy (non-hydrogen) atoms. The minimum absolute atomic E-state index is 0.300. The van der Waals surface area contributed by atoms with Crippen LogP contribution in [0.5, 0.6) is 0 Å². The molecule has 0 aromatic heterocycles. The van der Waals surface area contributed by atoms with Gasteiger partial charge in [-0.25, -0.2) is 0 Å². The van der Waals surface area contributed by atoms with E-state index in [0.717, 1.165) is 44.6 Å². The standard InChI is InChI=1S/C14H18N2O2/c1-2-4-12(5-3-1)15-16-13-6-8-14(9-7-13)17-10-11-18-14/h1-5,15H,6-11H2. The van der Waals surface area contributed by atoms with Gasteiger partial charge < -0.3 is 9.47 Å². The fraction of sp³-hybridized carbons (Fsp3) is 0.500. The summed E-state index contributed by atoms with van der Waals surface area (Å²) in [6.07, 6.45) is 3.73. The SMILES string of the molecule is c1ccc(NN=C2CCC3(CC2)OCCO3)cc1. The summed E-state index contributed by atoms with van der Waals surface area (Å²) in [7, 11) is 0. The first kappa shape index (κ1) is 11.7. The number of nitrogens with zero attached hydrogens (tertiary/aromatic N) is 1. The van der Waals surface area contributed by atoms with Gasteiger partial charge in [-0.1, -0.05) is 18.2 Å². The number of hydrogen-bond donors (Lipinski definition) is 1. The van der Waals surface area contributed by atoms with Gasteiger partial charge in [-0.15, -0.1) is 0 Å². The van der Waals surface area contributed by atoms with Gasteiger partial charge in [0, 0.05) is 18.6 Å². The first-order valence-electron chi connectivity index (χ1n) is 6.51. The number of rotatable bonds is 2. The second kappa shape index (κ2) is 5.08. The van der Waals surface area contributed by atoms with Crippen LogP contribution in [-0.4, -0.2) is 24.7 Å². The molecule has 1 spiro atoms. The normalized spacial score (nSPS) is 22.1. The van der Waals surface area contributed by atoms with Crippen molar-refractivity contribution in [3.8, 4) is 0 Å². The number of nitrogens with one attached hydrogen (secondary N) is 1. The largest absolute Gasteiger partial charge is 0.348 e. The van der Waals surface area contributed by atoms with Gasteiger partial charge in [0.15, 0.2) is 5.79 Å². The molecule has 1 aromatic rings. The zero-order chi connectivity index (χ0) is 12.3. The summed E-state index contributed by atoms with van der Waals surface area (Å²) in [5.41, 5.74) is 5.32. The van der Waals surface area contributed by atoms with E-state index in [-0.39, 0.29) is 5.79 Å². The first-order chi connectivity index (χ1) is 8.86. The maximum absolute atomic E-state index is 5.69. The maximum atomic E-state index is 5.69. The van der Waals surface area contributed by atoms with E-state index in [2.05, 4.69) is 10.5 Å². The van der Waals surface area contributed by atoms with Gasteiger partial charge in [0.2, 0.25) is 0 Å². The molecule has 0 atom stereocenters. The van der Waals surface area contributed by atoms with E-state index in [9.17, 15) is 0 Å². The van der Waals surface area contributed by atoms with Crippen LogP contribution < -0.4 is 5.43 Å². The summed E-state index contributed by atoms with van der Waals surface area (Å²) >= 11 is 0. The lowest BCUT2D eigenvalue weighted by molar-refractivity contribution is -0.167. The van der Waals surface area contributed by atoms with Gasteiger partial charge in [0.1, 0.15) is 0 Å². The Morgan fingerprint density at radius 3 is 2.33 bits per heavy atom. The smallest absolute Gasteiger partial charge is 0.169 e. The van der Waals surface area contributed by atoms with Crippen molar-refractivity contribution in [2.24, 2.45) is 5.10 Å². The summed E-state index contributed by atoms with van der Waals surface area (Å²) in [5.74, 6) is -0.300. The molecule has 0 unspecified atom stereocenters. The fourth-order valence-corrected chi connectivity index (χ4v) is 2.47. The second-order valence-corrected chi connectivity index (χ2v) is 4.76. The Bertz CT molecular complexity index is 413. The monoisotopic (exact) mass is 246 g/mol. The number of benzene rings is 1. The number of anilines is 1. The molecule has 4 nitrogen and oxygen atoms in total.